The van der Waals surface area contributed by atoms with Gasteiger partial charge in [-0.3, -0.25) is 9.59 Å². The van der Waals surface area contributed by atoms with Gasteiger partial charge >= 0.3 is 5.97 Å². The molecule has 1 atom stereocenters. The Bertz CT molecular complexity index is 1000. The highest BCUT2D eigenvalue weighted by atomic mass is 32.2. The van der Waals surface area contributed by atoms with Gasteiger partial charge in [-0.15, -0.1) is 16.9 Å². The minimum atomic E-state index is -0.317. The van der Waals surface area contributed by atoms with Gasteiger partial charge in [0.05, 0.1) is 19.2 Å². The van der Waals surface area contributed by atoms with Crippen LogP contribution in [0.2, 0.25) is 0 Å². The molecule has 1 amide bonds. The van der Waals surface area contributed by atoms with Crippen LogP contribution in [0, 0.1) is 0 Å². The first-order valence-electron chi connectivity index (χ1n) is 9.01. The van der Waals surface area contributed by atoms with Gasteiger partial charge in [0.25, 0.3) is 5.91 Å². The first kappa shape index (κ1) is 18.5. The SMILES string of the molecule is COC(=O)[C@H]1CN(C(=O)c2ccc(Cn3nnc4ccccc43)cc2)CCS1. The summed E-state index contributed by atoms with van der Waals surface area (Å²) >= 11 is 1.53. The zero-order chi connectivity index (χ0) is 19.5. The van der Waals surface area contributed by atoms with Crippen LogP contribution in [0.3, 0.4) is 0 Å². The van der Waals surface area contributed by atoms with Crippen molar-refractivity contribution in [3.63, 3.8) is 0 Å². The standard InChI is InChI=1S/C20H20N4O3S/c1-27-20(26)18-13-23(10-11-28-18)19(25)15-8-6-14(7-9-15)12-24-17-5-3-2-4-16(17)21-22-24/h2-9,18H,10-13H2,1H3/t18-/m1/s1. The maximum Gasteiger partial charge on any atom is 0.320 e. The lowest BCUT2D eigenvalue weighted by Gasteiger charge is -2.31. The van der Waals surface area contributed by atoms with Crippen LogP contribution in [0.5, 0.6) is 0 Å². The number of nitrogens with zero attached hydrogens (tertiary/aromatic N) is 4. The Kier molecular flexibility index (Phi) is 5.29. The molecule has 1 aliphatic rings. The molecule has 0 N–H and O–H groups in total. The molecule has 0 radical (unpaired) electrons. The van der Waals surface area contributed by atoms with Gasteiger partial charge in [0.2, 0.25) is 0 Å². The number of methoxy groups -OCH3 is 1. The van der Waals surface area contributed by atoms with Crippen LogP contribution in [0.25, 0.3) is 11.0 Å². The number of carbonyl (C=O) groups excluding carboxylic acids is 2. The molecule has 4 rings (SSSR count). The Morgan fingerprint density at radius 2 is 1.96 bits per heavy atom. The van der Waals surface area contributed by atoms with E-state index in [1.165, 1.54) is 18.9 Å². The van der Waals surface area contributed by atoms with E-state index in [1.54, 1.807) is 4.90 Å². The van der Waals surface area contributed by atoms with Crippen molar-refractivity contribution >= 4 is 34.7 Å². The lowest BCUT2D eigenvalue weighted by molar-refractivity contribution is -0.140. The van der Waals surface area contributed by atoms with E-state index in [4.69, 9.17) is 4.74 Å². The van der Waals surface area contributed by atoms with E-state index in [1.807, 2.05) is 53.2 Å². The highest BCUT2D eigenvalue weighted by molar-refractivity contribution is 8.00. The zero-order valence-corrected chi connectivity index (χ0v) is 16.3. The van der Waals surface area contributed by atoms with Crippen molar-refractivity contribution in [3.05, 3.63) is 59.7 Å². The van der Waals surface area contributed by atoms with Crippen molar-refractivity contribution in [2.24, 2.45) is 0 Å². The van der Waals surface area contributed by atoms with Crippen LogP contribution < -0.4 is 0 Å². The number of rotatable bonds is 4. The third-order valence-corrected chi connectivity index (χ3v) is 5.93. The number of carbonyl (C=O) groups is 2. The number of aromatic nitrogens is 3. The fourth-order valence-corrected chi connectivity index (χ4v) is 4.38. The molecule has 1 aromatic heterocycles. The Morgan fingerprint density at radius 3 is 2.75 bits per heavy atom. The average molecular weight is 396 g/mol. The molecule has 144 valence electrons. The van der Waals surface area contributed by atoms with Gasteiger partial charge in [-0.05, 0) is 29.8 Å². The largest absolute Gasteiger partial charge is 0.468 e. The van der Waals surface area contributed by atoms with E-state index in [2.05, 4.69) is 10.3 Å². The predicted octanol–water partition coefficient (Wildman–Crippen LogP) is 2.21. The molecule has 2 heterocycles. The van der Waals surface area contributed by atoms with Gasteiger partial charge in [-0.1, -0.05) is 29.5 Å². The van der Waals surface area contributed by atoms with Crippen LogP contribution in [-0.2, 0) is 16.1 Å². The van der Waals surface area contributed by atoms with Crippen molar-refractivity contribution in [2.75, 3.05) is 26.0 Å². The van der Waals surface area contributed by atoms with Gasteiger partial charge in [0, 0.05) is 24.4 Å². The van der Waals surface area contributed by atoms with E-state index >= 15 is 0 Å². The normalized spacial score (nSPS) is 16.9. The molecule has 0 unspecified atom stereocenters. The summed E-state index contributed by atoms with van der Waals surface area (Å²) < 4.78 is 6.65. The smallest absolute Gasteiger partial charge is 0.320 e. The predicted molar refractivity (Wildman–Crippen MR) is 107 cm³/mol. The summed E-state index contributed by atoms with van der Waals surface area (Å²) in [5, 5.41) is 8.05. The van der Waals surface area contributed by atoms with Gasteiger partial charge in [-0.25, -0.2) is 4.68 Å². The molecule has 3 aromatic rings. The molecule has 2 aromatic carbocycles. The quantitative estimate of drug-likeness (QED) is 0.630. The fourth-order valence-electron chi connectivity index (χ4n) is 3.25. The maximum absolute atomic E-state index is 12.8. The van der Waals surface area contributed by atoms with Crippen LogP contribution >= 0.6 is 11.8 Å². The second-order valence-electron chi connectivity index (χ2n) is 6.57. The van der Waals surface area contributed by atoms with Crippen molar-refractivity contribution in [1.82, 2.24) is 19.9 Å². The number of hydrogen-bond donors (Lipinski definition) is 0. The minimum absolute atomic E-state index is 0.0630. The summed E-state index contributed by atoms with van der Waals surface area (Å²) in [5.74, 6) is 0.382. The molecule has 7 nitrogen and oxygen atoms in total. The highest BCUT2D eigenvalue weighted by Crippen LogP contribution is 2.21. The van der Waals surface area contributed by atoms with E-state index in [0.29, 0.717) is 25.2 Å². The molecule has 28 heavy (non-hydrogen) atoms. The number of para-hydroxylation sites is 1. The van der Waals surface area contributed by atoms with E-state index < -0.39 is 0 Å². The lowest BCUT2D eigenvalue weighted by Crippen LogP contribution is -2.44. The maximum atomic E-state index is 12.8. The molecule has 1 aliphatic heterocycles. The molecule has 0 aliphatic carbocycles. The van der Waals surface area contributed by atoms with Crippen molar-refractivity contribution < 1.29 is 14.3 Å². The Labute approximate surface area is 166 Å². The molecule has 0 spiro atoms. The van der Waals surface area contributed by atoms with Crippen LogP contribution in [0.15, 0.2) is 48.5 Å². The topological polar surface area (TPSA) is 77.3 Å². The third-order valence-electron chi connectivity index (χ3n) is 4.77. The van der Waals surface area contributed by atoms with Gasteiger partial charge in [0.15, 0.2) is 0 Å². The van der Waals surface area contributed by atoms with Gasteiger partial charge < -0.3 is 9.64 Å². The number of ether oxygens (including phenoxy) is 1. The minimum Gasteiger partial charge on any atom is -0.468 e. The third kappa shape index (κ3) is 3.73. The van der Waals surface area contributed by atoms with E-state index in [9.17, 15) is 9.59 Å². The van der Waals surface area contributed by atoms with Crippen molar-refractivity contribution in [1.29, 1.82) is 0 Å². The second kappa shape index (κ2) is 8.02. The Hall–Kier alpha value is -2.87. The summed E-state index contributed by atoms with van der Waals surface area (Å²) in [6.07, 6.45) is 0. The fraction of sp³-hybridized carbons (Fsp3) is 0.300. The lowest BCUT2D eigenvalue weighted by atomic mass is 10.1. The average Bonchev–Trinajstić information content (AvgIpc) is 3.16. The first-order valence-corrected chi connectivity index (χ1v) is 10.1. The molecule has 8 heteroatoms. The number of benzene rings is 2. The van der Waals surface area contributed by atoms with Gasteiger partial charge in [-0.2, -0.15) is 0 Å². The van der Waals surface area contributed by atoms with Crippen LogP contribution in [0.4, 0.5) is 0 Å². The summed E-state index contributed by atoms with van der Waals surface area (Å²) in [5.41, 5.74) is 3.48. The number of amides is 1. The number of hydrogen-bond acceptors (Lipinski definition) is 6. The molecule has 0 bridgehead atoms. The summed E-state index contributed by atoms with van der Waals surface area (Å²) in [7, 11) is 1.38. The van der Waals surface area contributed by atoms with Crippen LogP contribution in [-0.4, -0.2) is 63.0 Å². The van der Waals surface area contributed by atoms with Crippen LogP contribution in [0.1, 0.15) is 15.9 Å². The summed E-state index contributed by atoms with van der Waals surface area (Å²) in [6, 6.07) is 15.3. The van der Waals surface area contributed by atoms with E-state index in [0.717, 1.165) is 22.3 Å². The Morgan fingerprint density at radius 1 is 1.18 bits per heavy atom. The van der Waals surface area contributed by atoms with Crippen molar-refractivity contribution in [3.8, 4) is 0 Å². The monoisotopic (exact) mass is 396 g/mol. The zero-order valence-electron chi connectivity index (χ0n) is 15.4. The molecule has 0 saturated carbocycles. The molecule has 1 fully saturated rings. The first-order chi connectivity index (χ1) is 13.7. The molecule has 1 saturated heterocycles. The number of fused-ring (bicyclic) bond motifs is 1. The summed E-state index contributed by atoms with van der Waals surface area (Å²) in [4.78, 5) is 26.3. The Balaban J connectivity index is 1.45. The summed E-state index contributed by atoms with van der Waals surface area (Å²) in [6.45, 7) is 1.59. The number of esters is 1. The highest BCUT2D eigenvalue weighted by Gasteiger charge is 2.30. The second-order valence-corrected chi connectivity index (χ2v) is 7.88. The molecular weight excluding hydrogens is 376 g/mol. The number of thioether (sulfide) groups is 1. The van der Waals surface area contributed by atoms with E-state index in [-0.39, 0.29) is 17.1 Å². The van der Waals surface area contributed by atoms with Gasteiger partial charge in [0.1, 0.15) is 10.8 Å². The van der Waals surface area contributed by atoms with Crippen molar-refractivity contribution in [2.45, 2.75) is 11.8 Å². The molecular formula is C20H20N4O3S.